The molecule has 23 heavy (non-hydrogen) atoms. The summed E-state index contributed by atoms with van der Waals surface area (Å²) in [6.07, 6.45) is 0.631. The van der Waals surface area contributed by atoms with Crippen LogP contribution in [-0.4, -0.2) is 34.6 Å². The zero-order valence-corrected chi connectivity index (χ0v) is 13.2. The van der Waals surface area contributed by atoms with Crippen LogP contribution in [0.4, 0.5) is 0 Å². The van der Waals surface area contributed by atoms with Crippen LogP contribution in [0.3, 0.4) is 0 Å². The fourth-order valence-electron chi connectivity index (χ4n) is 2.32. The van der Waals surface area contributed by atoms with E-state index in [1.165, 1.54) is 11.8 Å². The van der Waals surface area contributed by atoms with Gasteiger partial charge < -0.3 is 14.6 Å². The van der Waals surface area contributed by atoms with E-state index in [1.54, 1.807) is 25.3 Å². The zero-order valence-electron chi connectivity index (χ0n) is 13.2. The van der Waals surface area contributed by atoms with E-state index in [9.17, 15) is 9.90 Å². The summed E-state index contributed by atoms with van der Waals surface area (Å²) in [6.45, 7) is 4.16. The highest BCUT2D eigenvalue weighted by molar-refractivity contribution is 5.89. The molecule has 2 rings (SSSR count). The minimum Gasteiger partial charge on any atom is -0.464 e. The highest BCUT2D eigenvalue weighted by atomic mass is 16.5. The van der Waals surface area contributed by atoms with Gasteiger partial charge in [-0.3, -0.25) is 4.68 Å². The molecule has 0 radical (unpaired) electrons. The van der Waals surface area contributed by atoms with Gasteiger partial charge in [0.05, 0.1) is 26.0 Å². The van der Waals surface area contributed by atoms with Crippen LogP contribution >= 0.6 is 0 Å². The summed E-state index contributed by atoms with van der Waals surface area (Å²) in [5.74, 6) is -0.597. The van der Waals surface area contributed by atoms with Crippen molar-refractivity contribution >= 4 is 5.97 Å². The van der Waals surface area contributed by atoms with Gasteiger partial charge >= 0.3 is 5.97 Å². The van der Waals surface area contributed by atoms with Crippen molar-refractivity contribution in [2.75, 3.05) is 13.7 Å². The lowest BCUT2D eigenvalue weighted by Crippen LogP contribution is -2.11. The van der Waals surface area contributed by atoms with E-state index in [-0.39, 0.29) is 12.3 Å². The number of aromatic nitrogens is 2. The predicted molar refractivity (Wildman–Crippen MR) is 84.9 cm³/mol. The number of benzene rings is 1. The first-order valence-electron chi connectivity index (χ1n) is 7.15. The van der Waals surface area contributed by atoms with Gasteiger partial charge in [0.1, 0.15) is 6.10 Å². The van der Waals surface area contributed by atoms with Gasteiger partial charge in [0.25, 0.3) is 0 Å². The third-order valence-electron chi connectivity index (χ3n) is 3.45. The fraction of sp³-hybridized carbons (Fsp3) is 0.294. The summed E-state index contributed by atoms with van der Waals surface area (Å²) in [5.41, 5.74) is 1.76. The molecule has 2 aromatic rings. The molecule has 0 spiro atoms. The molecule has 0 saturated heterocycles. The average Bonchev–Trinajstić information content (AvgIpc) is 2.91. The van der Waals surface area contributed by atoms with Crippen molar-refractivity contribution in [3.05, 3.63) is 65.5 Å². The standard InChI is InChI=1S/C17H20N2O4/c1-4-10-23-11-13-14(15(17(21)22-3)18-19(13)2)16(20)12-8-6-5-7-9-12/h4-9,16,20H,1,10-11H2,2-3H3. The number of ether oxygens (including phenoxy) is 2. The quantitative estimate of drug-likeness (QED) is 0.480. The van der Waals surface area contributed by atoms with E-state index in [2.05, 4.69) is 11.7 Å². The summed E-state index contributed by atoms with van der Waals surface area (Å²) in [7, 11) is 2.98. The van der Waals surface area contributed by atoms with Gasteiger partial charge in [-0.25, -0.2) is 4.79 Å². The van der Waals surface area contributed by atoms with E-state index in [0.29, 0.717) is 23.4 Å². The first-order chi connectivity index (χ1) is 11.1. The molecule has 1 aromatic heterocycles. The van der Waals surface area contributed by atoms with Crippen LogP contribution in [0.1, 0.15) is 33.4 Å². The molecule has 122 valence electrons. The van der Waals surface area contributed by atoms with E-state index >= 15 is 0 Å². The SMILES string of the molecule is C=CCOCc1c(C(O)c2ccccc2)c(C(=O)OC)nn1C. The molecule has 0 aliphatic heterocycles. The summed E-state index contributed by atoms with van der Waals surface area (Å²) in [4.78, 5) is 12.0. The number of aryl methyl sites for hydroxylation is 1. The second-order valence-electron chi connectivity index (χ2n) is 4.94. The highest BCUT2D eigenvalue weighted by Crippen LogP contribution is 2.29. The Morgan fingerprint density at radius 1 is 1.43 bits per heavy atom. The monoisotopic (exact) mass is 316 g/mol. The van der Waals surface area contributed by atoms with Crippen LogP contribution in [0.2, 0.25) is 0 Å². The summed E-state index contributed by atoms with van der Waals surface area (Å²) >= 11 is 0. The Bertz CT molecular complexity index is 679. The summed E-state index contributed by atoms with van der Waals surface area (Å²) in [6, 6.07) is 9.07. The van der Waals surface area contributed by atoms with Crippen molar-refractivity contribution in [1.82, 2.24) is 9.78 Å². The van der Waals surface area contributed by atoms with Crippen molar-refractivity contribution < 1.29 is 19.4 Å². The maximum absolute atomic E-state index is 12.0. The van der Waals surface area contributed by atoms with Gasteiger partial charge in [-0.1, -0.05) is 36.4 Å². The Kier molecular flexibility index (Phi) is 5.67. The molecule has 0 amide bonds. The van der Waals surface area contributed by atoms with E-state index in [4.69, 9.17) is 9.47 Å². The van der Waals surface area contributed by atoms with E-state index in [1.807, 2.05) is 18.2 Å². The molecule has 1 atom stereocenters. The summed E-state index contributed by atoms with van der Waals surface area (Å²) in [5, 5.41) is 14.9. The van der Waals surface area contributed by atoms with E-state index in [0.717, 1.165) is 0 Å². The lowest BCUT2D eigenvalue weighted by atomic mass is 9.99. The Balaban J connectivity index is 2.48. The fourth-order valence-corrected chi connectivity index (χ4v) is 2.32. The number of nitrogens with zero attached hydrogens (tertiary/aromatic N) is 2. The Morgan fingerprint density at radius 2 is 2.13 bits per heavy atom. The number of aliphatic hydroxyl groups is 1. The molecular weight excluding hydrogens is 296 g/mol. The number of carbonyl (C=O) groups is 1. The number of hydrogen-bond acceptors (Lipinski definition) is 5. The predicted octanol–water partition coefficient (Wildman–Crippen LogP) is 1.99. The van der Waals surface area contributed by atoms with Gasteiger partial charge in [0.15, 0.2) is 5.69 Å². The number of aliphatic hydroxyl groups excluding tert-OH is 1. The number of hydrogen-bond donors (Lipinski definition) is 1. The minimum absolute atomic E-state index is 0.0866. The van der Waals surface area contributed by atoms with Gasteiger partial charge in [-0.2, -0.15) is 5.10 Å². The Morgan fingerprint density at radius 3 is 2.74 bits per heavy atom. The second-order valence-corrected chi connectivity index (χ2v) is 4.94. The molecule has 1 unspecified atom stereocenters. The van der Waals surface area contributed by atoms with Crippen molar-refractivity contribution in [3.8, 4) is 0 Å². The van der Waals surface area contributed by atoms with E-state index < -0.39 is 12.1 Å². The Hall–Kier alpha value is -2.44. The third kappa shape index (κ3) is 3.67. The molecule has 1 aromatic carbocycles. The van der Waals surface area contributed by atoms with Crippen LogP contribution in [-0.2, 0) is 23.1 Å². The molecule has 1 N–H and O–H groups in total. The van der Waals surface area contributed by atoms with Gasteiger partial charge in [0, 0.05) is 12.6 Å². The number of methoxy groups -OCH3 is 1. The third-order valence-corrected chi connectivity index (χ3v) is 3.45. The van der Waals surface area contributed by atoms with Crippen LogP contribution < -0.4 is 0 Å². The zero-order chi connectivity index (χ0) is 16.8. The number of carbonyl (C=O) groups excluding carboxylic acids is 1. The van der Waals surface area contributed by atoms with Crippen molar-refractivity contribution in [1.29, 1.82) is 0 Å². The molecule has 1 heterocycles. The largest absolute Gasteiger partial charge is 0.464 e. The molecule has 0 fully saturated rings. The molecule has 0 saturated carbocycles. The maximum atomic E-state index is 12.0. The van der Waals surface area contributed by atoms with Gasteiger partial charge in [-0.05, 0) is 5.56 Å². The van der Waals surface area contributed by atoms with Crippen molar-refractivity contribution in [3.63, 3.8) is 0 Å². The van der Waals surface area contributed by atoms with Crippen LogP contribution in [0.5, 0.6) is 0 Å². The van der Waals surface area contributed by atoms with Crippen molar-refractivity contribution in [2.45, 2.75) is 12.7 Å². The molecule has 0 bridgehead atoms. The molecule has 0 aliphatic rings. The van der Waals surface area contributed by atoms with Crippen LogP contribution in [0.15, 0.2) is 43.0 Å². The average molecular weight is 316 g/mol. The lowest BCUT2D eigenvalue weighted by Gasteiger charge is -2.14. The number of esters is 1. The Labute approximate surface area is 135 Å². The van der Waals surface area contributed by atoms with Crippen LogP contribution in [0, 0.1) is 0 Å². The van der Waals surface area contributed by atoms with Gasteiger partial charge in [-0.15, -0.1) is 6.58 Å². The molecule has 6 heteroatoms. The first kappa shape index (κ1) is 16.9. The van der Waals surface area contributed by atoms with Gasteiger partial charge in [0.2, 0.25) is 0 Å². The van der Waals surface area contributed by atoms with Crippen LogP contribution in [0.25, 0.3) is 0 Å². The maximum Gasteiger partial charge on any atom is 0.358 e. The lowest BCUT2D eigenvalue weighted by molar-refractivity contribution is 0.0587. The van der Waals surface area contributed by atoms with Crippen molar-refractivity contribution in [2.24, 2.45) is 7.05 Å². The summed E-state index contributed by atoms with van der Waals surface area (Å²) < 4.78 is 11.8. The second kappa shape index (κ2) is 7.71. The number of rotatable bonds is 7. The minimum atomic E-state index is -0.999. The first-order valence-corrected chi connectivity index (χ1v) is 7.15. The topological polar surface area (TPSA) is 73.6 Å². The normalized spacial score (nSPS) is 12.0. The molecule has 6 nitrogen and oxygen atoms in total. The molecule has 0 aliphatic carbocycles. The molecular formula is C17H20N2O4. The smallest absolute Gasteiger partial charge is 0.358 e. The highest BCUT2D eigenvalue weighted by Gasteiger charge is 2.28.